The van der Waals surface area contributed by atoms with Crippen LogP contribution in [0.1, 0.15) is 5.56 Å². The number of rotatable bonds is 6. The average molecular weight is 286 g/mol. The number of likely N-dealkylation sites (N-methyl/N-ethyl adjacent to an activating group) is 1. The molecule has 2 nitrogen and oxygen atoms in total. The molecule has 2 rings (SSSR count). The normalized spacial score (nSPS) is 10.8. The molecule has 0 bridgehead atoms. The van der Waals surface area contributed by atoms with Crippen molar-refractivity contribution in [3.63, 3.8) is 0 Å². The minimum absolute atomic E-state index is 0. The molecular formula is C14H20ClNOS. The second-order valence-electron chi connectivity index (χ2n) is 4.46. The Balaban J connectivity index is 0.00000162. The first kappa shape index (κ1) is 15.4. The third-order valence-corrected chi connectivity index (χ3v) is 3.63. The van der Waals surface area contributed by atoms with Gasteiger partial charge >= 0.3 is 0 Å². The van der Waals surface area contributed by atoms with Gasteiger partial charge < -0.3 is 9.64 Å². The summed E-state index contributed by atoms with van der Waals surface area (Å²) in [5, 5.41) is 3.49. The summed E-state index contributed by atoms with van der Waals surface area (Å²) < 4.78 is 6.97. The van der Waals surface area contributed by atoms with Gasteiger partial charge in [0.25, 0.3) is 0 Å². The van der Waals surface area contributed by atoms with E-state index in [0.717, 1.165) is 26.2 Å². The van der Waals surface area contributed by atoms with Crippen LogP contribution < -0.4 is 0 Å². The van der Waals surface area contributed by atoms with Crippen molar-refractivity contribution >= 4 is 33.8 Å². The quantitative estimate of drug-likeness (QED) is 0.754. The molecule has 0 saturated heterocycles. The van der Waals surface area contributed by atoms with E-state index in [9.17, 15) is 0 Å². The van der Waals surface area contributed by atoms with Gasteiger partial charge in [-0.2, -0.15) is 0 Å². The Hall–Kier alpha value is -0.610. The maximum atomic E-state index is 5.60. The molecule has 2 aromatic rings. The summed E-state index contributed by atoms with van der Waals surface area (Å²) in [7, 11) is 4.13. The van der Waals surface area contributed by atoms with E-state index >= 15 is 0 Å². The van der Waals surface area contributed by atoms with Gasteiger partial charge in [0.05, 0.1) is 13.2 Å². The molecule has 1 aromatic heterocycles. The van der Waals surface area contributed by atoms with Gasteiger partial charge in [-0.15, -0.1) is 23.7 Å². The summed E-state index contributed by atoms with van der Waals surface area (Å²) in [5.74, 6) is 0. The second-order valence-corrected chi connectivity index (χ2v) is 5.41. The van der Waals surface area contributed by atoms with Crippen LogP contribution in [-0.2, 0) is 11.2 Å². The summed E-state index contributed by atoms with van der Waals surface area (Å²) in [6.07, 6.45) is 0.999. The third-order valence-electron chi connectivity index (χ3n) is 2.73. The molecule has 100 valence electrons. The molecule has 1 aromatic carbocycles. The lowest BCUT2D eigenvalue weighted by Gasteiger charge is -2.09. The van der Waals surface area contributed by atoms with Gasteiger partial charge in [-0.05, 0) is 49.0 Å². The molecule has 0 amide bonds. The fraction of sp³-hybridized carbons (Fsp3) is 0.429. The number of hydrogen-bond donors (Lipinski definition) is 0. The number of benzene rings is 1. The molecule has 0 aliphatic rings. The molecule has 0 saturated carbocycles. The topological polar surface area (TPSA) is 12.5 Å². The zero-order chi connectivity index (χ0) is 12.1. The van der Waals surface area contributed by atoms with Crippen LogP contribution in [0.2, 0.25) is 0 Å². The van der Waals surface area contributed by atoms with Crippen molar-refractivity contribution in [3.05, 3.63) is 35.2 Å². The predicted molar refractivity (Wildman–Crippen MR) is 82.2 cm³/mol. The minimum Gasteiger partial charge on any atom is -0.380 e. The van der Waals surface area contributed by atoms with Gasteiger partial charge in [-0.3, -0.25) is 0 Å². The van der Waals surface area contributed by atoms with Crippen LogP contribution in [-0.4, -0.2) is 38.8 Å². The van der Waals surface area contributed by atoms with E-state index in [-0.39, 0.29) is 12.4 Å². The Morgan fingerprint density at radius 3 is 2.78 bits per heavy atom. The number of fused-ring (bicyclic) bond motifs is 1. The first-order valence-electron chi connectivity index (χ1n) is 5.94. The molecule has 0 atom stereocenters. The third kappa shape index (κ3) is 4.58. The standard InChI is InChI=1S/C14H19NOS.ClH/c1-15(2)7-9-16-8-5-12-3-4-14-13(11-12)6-10-17-14;/h3-4,6,10-11H,5,7-9H2,1-2H3;1H. The summed E-state index contributed by atoms with van der Waals surface area (Å²) >= 11 is 1.79. The van der Waals surface area contributed by atoms with Crippen molar-refractivity contribution in [2.75, 3.05) is 33.9 Å². The van der Waals surface area contributed by atoms with E-state index in [1.54, 1.807) is 11.3 Å². The molecule has 0 fully saturated rings. The fourth-order valence-corrected chi connectivity index (χ4v) is 2.48. The van der Waals surface area contributed by atoms with E-state index in [2.05, 4.69) is 48.6 Å². The molecule has 18 heavy (non-hydrogen) atoms. The Morgan fingerprint density at radius 2 is 2.00 bits per heavy atom. The maximum absolute atomic E-state index is 5.60. The van der Waals surface area contributed by atoms with Gasteiger partial charge in [0.15, 0.2) is 0 Å². The van der Waals surface area contributed by atoms with E-state index < -0.39 is 0 Å². The lowest BCUT2D eigenvalue weighted by atomic mass is 10.1. The Labute approximate surface area is 119 Å². The van der Waals surface area contributed by atoms with Crippen molar-refractivity contribution in [3.8, 4) is 0 Å². The van der Waals surface area contributed by atoms with Crippen LogP contribution in [0.5, 0.6) is 0 Å². The Morgan fingerprint density at radius 1 is 1.17 bits per heavy atom. The van der Waals surface area contributed by atoms with Crippen molar-refractivity contribution in [2.24, 2.45) is 0 Å². The van der Waals surface area contributed by atoms with Gasteiger partial charge in [0, 0.05) is 11.2 Å². The van der Waals surface area contributed by atoms with Crippen LogP contribution >= 0.6 is 23.7 Å². The summed E-state index contributed by atoms with van der Waals surface area (Å²) in [6, 6.07) is 8.85. The van der Waals surface area contributed by atoms with Gasteiger partial charge in [-0.25, -0.2) is 0 Å². The summed E-state index contributed by atoms with van der Waals surface area (Å²) in [4.78, 5) is 2.14. The van der Waals surface area contributed by atoms with Crippen molar-refractivity contribution in [2.45, 2.75) is 6.42 Å². The van der Waals surface area contributed by atoms with Crippen molar-refractivity contribution in [1.82, 2.24) is 4.90 Å². The molecular weight excluding hydrogens is 266 g/mol. The van der Waals surface area contributed by atoms with Crippen LogP contribution in [0.3, 0.4) is 0 Å². The van der Waals surface area contributed by atoms with Crippen molar-refractivity contribution in [1.29, 1.82) is 0 Å². The lowest BCUT2D eigenvalue weighted by Crippen LogP contribution is -2.18. The number of halogens is 1. The molecule has 0 N–H and O–H groups in total. The number of hydrogen-bond acceptors (Lipinski definition) is 3. The summed E-state index contributed by atoms with van der Waals surface area (Å²) in [6.45, 7) is 2.61. The molecule has 0 radical (unpaired) electrons. The molecule has 0 aliphatic carbocycles. The lowest BCUT2D eigenvalue weighted by molar-refractivity contribution is 0.120. The molecule has 0 aliphatic heterocycles. The van der Waals surface area contributed by atoms with Crippen LogP contribution in [0, 0.1) is 0 Å². The van der Waals surface area contributed by atoms with Crippen LogP contribution in [0.25, 0.3) is 10.1 Å². The van der Waals surface area contributed by atoms with Gasteiger partial charge in [0.1, 0.15) is 0 Å². The molecule has 0 spiro atoms. The molecule has 1 heterocycles. The highest BCUT2D eigenvalue weighted by Gasteiger charge is 1.98. The highest BCUT2D eigenvalue weighted by atomic mass is 35.5. The number of thiophene rings is 1. The number of ether oxygens (including phenoxy) is 1. The second kappa shape index (κ2) is 7.74. The van der Waals surface area contributed by atoms with Crippen LogP contribution in [0.4, 0.5) is 0 Å². The Bertz CT molecular complexity index is 470. The molecule has 0 unspecified atom stereocenters. The average Bonchev–Trinajstić information content (AvgIpc) is 2.75. The fourth-order valence-electron chi connectivity index (χ4n) is 1.71. The molecule has 4 heteroatoms. The van der Waals surface area contributed by atoms with Gasteiger partial charge in [0.2, 0.25) is 0 Å². The number of nitrogens with zero attached hydrogens (tertiary/aromatic N) is 1. The predicted octanol–water partition coefficient (Wildman–Crippen LogP) is 3.44. The first-order valence-corrected chi connectivity index (χ1v) is 6.82. The maximum Gasteiger partial charge on any atom is 0.0593 e. The van der Waals surface area contributed by atoms with E-state index in [1.165, 1.54) is 15.6 Å². The highest BCUT2D eigenvalue weighted by Crippen LogP contribution is 2.21. The van der Waals surface area contributed by atoms with E-state index in [1.807, 2.05) is 0 Å². The SMILES string of the molecule is CN(C)CCOCCc1ccc2sccc2c1.Cl. The van der Waals surface area contributed by atoms with E-state index in [4.69, 9.17) is 4.74 Å². The van der Waals surface area contributed by atoms with E-state index in [0.29, 0.717) is 0 Å². The highest BCUT2D eigenvalue weighted by molar-refractivity contribution is 7.17. The zero-order valence-electron chi connectivity index (χ0n) is 10.9. The zero-order valence-corrected chi connectivity index (χ0v) is 12.5. The Kier molecular flexibility index (Phi) is 6.65. The monoisotopic (exact) mass is 285 g/mol. The largest absolute Gasteiger partial charge is 0.380 e. The van der Waals surface area contributed by atoms with Gasteiger partial charge in [-0.1, -0.05) is 12.1 Å². The minimum atomic E-state index is 0. The van der Waals surface area contributed by atoms with Crippen molar-refractivity contribution < 1.29 is 4.74 Å². The van der Waals surface area contributed by atoms with Crippen LogP contribution in [0.15, 0.2) is 29.6 Å². The first-order chi connectivity index (χ1) is 8.25. The summed E-state index contributed by atoms with van der Waals surface area (Å²) in [5.41, 5.74) is 1.36. The smallest absolute Gasteiger partial charge is 0.0593 e.